The Morgan fingerprint density at radius 2 is 0.640 bits per heavy atom. The van der Waals surface area contributed by atoms with E-state index < -0.39 is 24.4 Å². The minimum atomic E-state index is -0.651. The van der Waals surface area contributed by atoms with Crippen LogP contribution in [0.4, 0.5) is 0 Å². The molecule has 4 atom stereocenters. The van der Waals surface area contributed by atoms with Gasteiger partial charge in [-0.25, -0.2) is 0 Å². The van der Waals surface area contributed by atoms with Crippen LogP contribution in [-0.2, 0) is 47.7 Å². The molecule has 0 radical (unpaired) electrons. The number of ether oxygens (including phenoxy) is 5. The molecule has 18 nitrogen and oxygen atoms in total. The van der Waals surface area contributed by atoms with Crippen molar-refractivity contribution >= 4 is 51.4 Å². The molecule has 1 rings (SSSR count). The van der Waals surface area contributed by atoms with E-state index in [0.29, 0.717) is 192 Å². The van der Waals surface area contributed by atoms with E-state index in [-0.39, 0.29) is 36.3 Å². The van der Waals surface area contributed by atoms with Crippen LogP contribution in [0.25, 0.3) is 0 Å². The molecule has 524 valence electrons. The number of piperazine rings is 1. The van der Waals surface area contributed by atoms with Gasteiger partial charge in [-0.15, -0.1) is 0 Å². The highest BCUT2D eigenvalue weighted by Gasteiger charge is 2.22. The number of unbranched alkanes of at least 4 members (excludes halogenated alkanes) is 5. The van der Waals surface area contributed by atoms with Gasteiger partial charge in [-0.05, 0) is 120 Å². The minimum absolute atomic E-state index is 0.168. The Balaban J connectivity index is 2.47. The van der Waals surface area contributed by atoms with Crippen LogP contribution in [0, 0.1) is 23.7 Å². The van der Waals surface area contributed by atoms with Gasteiger partial charge in [0.15, 0.2) is 0 Å². The standard InChI is InChI=1S/C69H132N4O14S2/c1-9-57(10-2)53-84-66(79)33-21-17-29-61(74)49-72(50-62(75)30-18-22-34-67(80)85-54-58(11-3)12-4)39-27-37-65(78)83-46-45-71-43-41-70(42-44-71)38-25-26-47-88-89-48-28-40-73(51-63(76)31-19-23-35-68(81)86-55-59(13-5)14-6)52-64(77)32-20-24-36-69(82)87-56-60(15-7)16-8/h57-64,74-77H,9-56H2,1-8H3. The van der Waals surface area contributed by atoms with Gasteiger partial charge in [0.2, 0.25) is 0 Å². The molecule has 1 saturated heterocycles. The second-order valence-corrected chi connectivity index (χ2v) is 28.0. The van der Waals surface area contributed by atoms with Crippen molar-refractivity contribution < 1.29 is 68.1 Å². The fraction of sp³-hybridized carbons (Fsp3) is 0.928. The summed E-state index contributed by atoms with van der Waals surface area (Å²) in [7, 11) is 3.79. The monoisotopic (exact) mass is 1300 g/mol. The average Bonchev–Trinajstić information content (AvgIpc) is 3.64. The summed E-state index contributed by atoms with van der Waals surface area (Å²) in [5.74, 6) is 2.63. The van der Waals surface area contributed by atoms with E-state index in [2.05, 4.69) is 70.1 Å². The lowest BCUT2D eigenvalue weighted by Crippen LogP contribution is -2.47. The van der Waals surface area contributed by atoms with Crippen molar-refractivity contribution in [3.8, 4) is 0 Å². The lowest BCUT2D eigenvalue weighted by Gasteiger charge is -2.34. The Labute approximate surface area is 549 Å². The van der Waals surface area contributed by atoms with E-state index in [1.807, 2.05) is 26.5 Å². The van der Waals surface area contributed by atoms with Gasteiger partial charge in [0.25, 0.3) is 0 Å². The fourth-order valence-electron chi connectivity index (χ4n) is 10.9. The van der Waals surface area contributed by atoms with Crippen molar-refractivity contribution in [1.82, 2.24) is 19.6 Å². The van der Waals surface area contributed by atoms with Crippen LogP contribution < -0.4 is 0 Å². The number of aliphatic hydroxyl groups is 4. The molecule has 0 bridgehead atoms. The van der Waals surface area contributed by atoms with Gasteiger partial charge >= 0.3 is 29.8 Å². The zero-order chi connectivity index (χ0) is 65.7. The van der Waals surface area contributed by atoms with Crippen molar-refractivity contribution in [2.75, 3.05) is 123 Å². The van der Waals surface area contributed by atoms with Gasteiger partial charge in [-0.3, -0.25) is 38.7 Å². The largest absolute Gasteiger partial charge is 0.465 e. The van der Waals surface area contributed by atoms with Crippen LogP contribution in [0.2, 0.25) is 0 Å². The molecular weight excluding hydrogens is 1170 g/mol. The van der Waals surface area contributed by atoms with Gasteiger partial charge in [-0.1, -0.05) is 154 Å². The Bertz CT molecular complexity index is 1630. The van der Waals surface area contributed by atoms with E-state index in [9.17, 15) is 44.4 Å². The van der Waals surface area contributed by atoms with E-state index in [0.717, 1.165) is 134 Å². The normalized spacial score (nSPS) is 14.7. The summed E-state index contributed by atoms with van der Waals surface area (Å²) in [6.07, 6.45) is 18.4. The van der Waals surface area contributed by atoms with Crippen molar-refractivity contribution in [1.29, 1.82) is 0 Å². The highest BCUT2D eigenvalue weighted by molar-refractivity contribution is 8.76. The first-order valence-electron chi connectivity index (χ1n) is 35.6. The average molecular weight is 1310 g/mol. The molecule has 1 aliphatic rings. The predicted molar refractivity (Wildman–Crippen MR) is 363 cm³/mol. The molecule has 0 spiro atoms. The number of esters is 5. The third-order valence-corrected chi connectivity index (χ3v) is 20.4. The van der Waals surface area contributed by atoms with Gasteiger partial charge in [-0.2, -0.15) is 0 Å². The summed E-state index contributed by atoms with van der Waals surface area (Å²) in [4.78, 5) is 71.1. The molecule has 1 heterocycles. The molecule has 20 heteroatoms. The molecule has 0 aliphatic carbocycles. The second-order valence-electron chi connectivity index (χ2n) is 25.3. The van der Waals surface area contributed by atoms with E-state index in [1.165, 1.54) is 0 Å². The summed E-state index contributed by atoms with van der Waals surface area (Å²) < 4.78 is 27.5. The zero-order valence-corrected chi connectivity index (χ0v) is 59.2. The molecule has 89 heavy (non-hydrogen) atoms. The molecule has 4 unspecified atom stereocenters. The fourth-order valence-corrected chi connectivity index (χ4v) is 13.1. The molecule has 0 saturated carbocycles. The molecule has 0 aromatic heterocycles. The number of rotatable bonds is 61. The first-order chi connectivity index (χ1) is 43.0. The Kier molecular flexibility index (Phi) is 54.5. The first-order valence-corrected chi connectivity index (χ1v) is 38.1. The third kappa shape index (κ3) is 48.1. The van der Waals surface area contributed by atoms with Crippen molar-refractivity contribution in [2.45, 2.75) is 266 Å². The highest BCUT2D eigenvalue weighted by Crippen LogP contribution is 2.24. The van der Waals surface area contributed by atoms with Crippen molar-refractivity contribution in [3.63, 3.8) is 0 Å². The maximum Gasteiger partial charge on any atom is 0.305 e. The van der Waals surface area contributed by atoms with Crippen molar-refractivity contribution in [2.24, 2.45) is 23.7 Å². The maximum absolute atomic E-state index is 12.9. The summed E-state index contributed by atoms with van der Waals surface area (Å²) in [6, 6.07) is 0. The first kappa shape index (κ1) is 84.7. The zero-order valence-electron chi connectivity index (χ0n) is 57.5. The molecule has 0 aromatic carbocycles. The molecule has 1 aliphatic heterocycles. The molecule has 0 aromatic rings. The van der Waals surface area contributed by atoms with Gasteiger partial charge in [0, 0.05) is 103 Å². The number of hydrogen-bond acceptors (Lipinski definition) is 20. The Morgan fingerprint density at radius 1 is 0.360 bits per heavy atom. The minimum Gasteiger partial charge on any atom is -0.465 e. The summed E-state index contributed by atoms with van der Waals surface area (Å²) in [5, 5.41) is 44.1. The topological polar surface area (TPSA) is 225 Å². The predicted octanol–water partition coefficient (Wildman–Crippen LogP) is 11.7. The Morgan fingerprint density at radius 3 is 0.966 bits per heavy atom. The van der Waals surface area contributed by atoms with Crippen molar-refractivity contribution in [3.05, 3.63) is 0 Å². The van der Waals surface area contributed by atoms with E-state index in [1.54, 1.807) is 0 Å². The van der Waals surface area contributed by atoms with Crippen LogP contribution in [0.3, 0.4) is 0 Å². The molecule has 0 amide bonds. The van der Waals surface area contributed by atoms with Crippen LogP contribution in [0.1, 0.15) is 242 Å². The van der Waals surface area contributed by atoms with Crippen LogP contribution in [-0.4, -0.2) is 217 Å². The van der Waals surface area contributed by atoms with Crippen LogP contribution in [0.5, 0.6) is 0 Å². The second kappa shape index (κ2) is 57.2. The summed E-state index contributed by atoms with van der Waals surface area (Å²) in [5.41, 5.74) is 0. The number of hydrogen-bond donors (Lipinski definition) is 4. The van der Waals surface area contributed by atoms with Gasteiger partial charge in [0.1, 0.15) is 6.61 Å². The SMILES string of the molecule is CCC(CC)COC(=O)CCCCC(O)CN(CCCSSCCCCN1CCN(CCOC(=O)CCCN(CC(O)CCCCC(=O)OCC(CC)CC)CC(O)CCCCC(=O)OCC(CC)CC)CC1)CC(O)CCCCC(=O)OCC(CC)CC. The number of nitrogens with zero attached hydrogens (tertiary/aromatic N) is 4. The van der Waals surface area contributed by atoms with E-state index >= 15 is 0 Å². The molecule has 1 fully saturated rings. The third-order valence-electron chi connectivity index (χ3n) is 17.8. The quantitative estimate of drug-likeness (QED) is 0.0192. The van der Waals surface area contributed by atoms with Crippen LogP contribution in [0.15, 0.2) is 0 Å². The summed E-state index contributed by atoms with van der Waals surface area (Å²) >= 11 is 0. The van der Waals surface area contributed by atoms with Gasteiger partial charge < -0.3 is 49.0 Å². The summed E-state index contributed by atoms with van der Waals surface area (Å²) in [6.45, 7) is 27.5. The van der Waals surface area contributed by atoms with Gasteiger partial charge in [0.05, 0.1) is 50.8 Å². The number of aliphatic hydroxyl groups excluding tert-OH is 4. The number of carbonyl (C=O) groups is 5. The maximum atomic E-state index is 12.9. The lowest BCUT2D eigenvalue weighted by molar-refractivity contribution is -0.146. The number of carbonyl (C=O) groups excluding carboxylic acids is 5. The highest BCUT2D eigenvalue weighted by atomic mass is 33.1. The lowest BCUT2D eigenvalue weighted by atomic mass is 10.1. The van der Waals surface area contributed by atoms with Crippen LogP contribution >= 0.6 is 21.6 Å². The smallest absolute Gasteiger partial charge is 0.305 e. The molecule has 4 N–H and O–H groups in total. The molecular formula is C69H132N4O14S2. The Hall–Kier alpha value is -2.27. The van der Waals surface area contributed by atoms with E-state index in [4.69, 9.17) is 23.7 Å².